The number of nitrogens with zero attached hydrogens (tertiary/aromatic N) is 1. The van der Waals surface area contributed by atoms with E-state index in [-0.39, 0.29) is 17.6 Å². The van der Waals surface area contributed by atoms with Crippen LogP contribution in [0.25, 0.3) is 0 Å². The van der Waals surface area contributed by atoms with Crippen molar-refractivity contribution in [2.45, 2.75) is 20.0 Å². The van der Waals surface area contributed by atoms with Crippen molar-refractivity contribution in [3.8, 4) is 0 Å². The molecule has 0 heterocycles. The number of aliphatic hydroxyl groups excluding tert-OH is 1. The van der Waals surface area contributed by atoms with E-state index in [1.807, 2.05) is 18.9 Å². The molecule has 0 aromatic heterocycles. The topological polar surface area (TPSA) is 52.6 Å². The maximum Gasteiger partial charge on any atom is 0.224 e. The summed E-state index contributed by atoms with van der Waals surface area (Å²) in [4.78, 5) is 13.4. The molecule has 106 valence electrons. The van der Waals surface area contributed by atoms with Crippen molar-refractivity contribution in [1.82, 2.24) is 5.32 Å². The van der Waals surface area contributed by atoms with E-state index >= 15 is 0 Å². The first kappa shape index (κ1) is 15.4. The molecule has 5 heteroatoms. The van der Waals surface area contributed by atoms with Gasteiger partial charge in [-0.2, -0.15) is 0 Å². The van der Waals surface area contributed by atoms with Crippen LogP contribution < -0.4 is 10.2 Å². The molecule has 2 atom stereocenters. The normalized spacial score (nSPS) is 13.8. The van der Waals surface area contributed by atoms with Crippen LogP contribution in [-0.2, 0) is 4.79 Å². The fourth-order valence-electron chi connectivity index (χ4n) is 2.05. The van der Waals surface area contributed by atoms with E-state index in [0.29, 0.717) is 12.1 Å². The number of rotatable bonds is 5. The minimum absolute atomic E-state index is 0.0486. The number of carbonyl (C=O) groups excluding carboxylic acids is 1. The van der Waals surface area contributed by atoms with E-state index < -0.39 is 6.10 Å². The number of hydrogen-bond donors (Lipinski definition) is 2. The van der Waals surface area contributed by atoms with Gasteiger partial charge in [0.2, 0.25) is 5.91 Å². The van der Waals surface area contributed by atoms with E-state index in [9.17, 15) is 14.3 Å². The molecule has 0 saturated carbocycles. The zero-order valence-electron chi connectivity index (χ0n) is 11.8. The fourth-order valence-corrected chi connectivity index (χ4v) is 2.05. The van der Waals surface area contributed by atoms with Crippen molar-refractivity contribution in [3.05, 3.63) is 29.6 Å². The van der Waals surface area contributed by atoms with Gasteiger partial charge in [-0.15, -0.1) is 0 Å². The van der Waals surface area contributed by atoms with Gasteiger partial charge >= 0.3 is 0 Å². The lowest BCUT2D eigenvalue weighted by atomic mass is 10.1. The summed E-state index contributed by atoms with van der Waals surface area (Å²) in [6.07, 6.45) is -0.761. The first-order valence-electron chi connectivity index (χ1n) is 6.27. The molecule has 0 fully saturated rings. The summed E-state index contributed by atoms with van der Waals surface area (Å²) in [5.41, 5.74) is 1.25. The van der Waals surface area contributed by atoms with Gasteiger partial charge in [0.15, 0.2) is 0 Å². The highest BCUT2D eigenvalue weighted by Crippen LogP contribution is 2.27. The molecule has 0 radical (unpaired) electrons. The zero-order chi connectivity index (χ0) is 14.6. The SMILES string of the molecule is CNC(=O)C(C)CN(C)c1ccc(F)cc1[C@H](C)O. The highest BCUT2D eigenvalue weighted by atomic mass is 19.1. The molecule has 0 aliphatic carbocycles. The van der Waals surface area contributed by atoms with Crippen molar-refractivity contribution in [1.29, 1.82) is 0 Å². The van der Waals surface area contributed by atoms with Crippen LogP contribution in [0.1, 0.15) is 25.5 Å². The largest absolute Gasteiger partial charge is 0.389 e. The second-order valence-electron chi connectivity index (χ2n) is 4.77. The minimum atomic E-state index is -0.761. The maximum absolute atomic E-state index is 13.2. The smallest absolute Gasteiger partial charge is 0.224 e. The Morgan fingerprint density at radius 2 is 2.11 bits per heavy atom. The number of benzene rings is 1. The molecule has 4 nitrogen and oxygen atoms in total. The van der Waals surface area contributed by atoms with Crippen LogP contribution in [0.15, 0.2) is 18.2 Å². The van der Waals surface area contributed by atoms with Crippen LogP contribution in [0.3, 0.4) is 0 Å². The van der Waals surface area contributed by atoms with E-state index in [1.54, 1.807) is 20.0 Å². The molecule has 19 heavy (non-hydrogen) atoms. The third-order valence-corrected chi connectivity index (χ3v) is 3.09. The summed E-state index contributed by atoms with van der Waals surface area (Å²) in [6, 6.07) is 4.29. The van der Waals surface area contributed by atoms with Crippen molar-refractivity contribution >= 4 is 11.6 Å². The summed E-state index contributed by atoms with van der Waals surface area (Å²) in [6.45, 7) is 3.90. The minimum Gasteiger partial charge on any atom is -0.389 e. The predicted octanol–water partition coefficient (Wildman–Crippen LogP) is 1.70. The Bertz CT molecular complexity index is 449. The highest BCUT2D eigenvalue weighted by molar-refractivity contribution is 5.78. The Kier molecular flexibility index (Phi) is 5.30. The van der Waals surface area contributed by atoms with Crippen molar-refractivity contribution in [2.24, 2.45) is 5.92 Å². The molecule has 0 aliphatic heterocycles. The Labute approximate surface area is 113 Å². The van der Waals surface area contributed by atoms with Crippen molar-refractivity contribution in [3.63, 3.8) is 0 Å². The van der Waals surface area contributed by atoms with Crippen LogP contribution in [-0.4, -0.2) is 31.7 Å². The first-order chi connectivity index (χ1) is 8.86. The van der Waals surface area contributed by atoms with Gasteiger partial charge in [-0.1, -0.05) is 6.92 Å². The standard InChI is InChI=1S/C14H21FN2O2/c1-9(14(19)16-3)8-17(4)13-6-5-11(15)7-12(13)10(2)18/h5-7,9-10,18H,8H2,1-4H3,(H,16,19)/t9?,10-/m0/s1. The lowest BCUT2D eigenvalue weighted by Crippen LogP contribution is -2.34. The van der Waals surface area contributed by atoms with Gasteiger partial charge in [-0.3, -0.25) is 4.79 Å². The van der Waals surface area contributed by atoms with Crippen molar-refractivity contribution in [2.75, 3.05) is 25.5 Å². The number of hydrogen-bond acceptors (Lipinski definition) is 3. The fraction of sp³-hybridized carbons (Fsp3) is 0.500. The molecule has 0 spiro atoms. The van der Waals surface area contributed by atoms with Gasteiger partial charge in [0.05, 0.1) is 12.0 Å². The number of amides is 1. The van der Waals surface area contributed by atoms with Gasteiger partial charge in [0.1, 0.15) is 5.82 Å². The summed E-state index contributed by atoms with van der Waals surface area (Å²) >= 11 is 0. The van der Waals surface area contributed by atoms with Crippen LogP contribution >= 0.6 is 0 Å². The lowest BCUT2D eigenvalue weighted by Gasteiger charge is -2.26. The van der Waals surface area contributed by atoms with Crippen LogP contribution in [0.4, 0.5) is 10.1 Å². The third-order valence-electron chi connectivity index (χ3n) is 3.09. The van der Waals surface area contributed by atoms with Crippen LogP contribution in [0, 0.1) is 11.7 Å². The van der Waals surface area contributed by atoms with E-state index in [2.05, 4.69) is 5.32 Å². The third kappa shape index (κ3) is 3.92. The Hall–Kier alpha value is -1.62. The first-order valence-corrected chi connectivity index (χ1v) is 6.27. The summed E-state index contributed by atoms with van der Waals surface area (Å²) in [5, 5.41) is 12.3. The maximum atomic E-state index is 13.2. The highest BCUT2D eigenvalue weighted by Gasteiger charge is 2.17. The molecule has 1 aromatic rings. The average molecular weight is 268 g/mol. The molecule has 0 saturated heterocycles. The van der Waals surface area contributed by atoms with E-state index in [0.717, 1.165) is 5.69 Å². The summed E-state index contributed by atoms with van der Waals surface area (Å²) in [7, 11) is 3.41. The monoisotopic (exact) mass is 268 g/mol. The van der Waals surface area contributed by atoms with Gasteiger partial charge in [0, 0.05) is 31.9 Å². The van der Waals surface area contributed by atoms with Gasteiger partial charge in [-0.25, -0.2) is 4.39 Å². The van der Waals surface area contributed by atoms with Gasteiger partial charge in [0.25, 0.3) is 0 Å². The zero-order valence-corrected chi connectivity index (χ0v) is 11.8. The number of anilines is 1. The number of aliphatic hydroxyl groups is 1. The Balaban J connectivity index is 2.93. The molecule has 1 amide bonds. The molecular weight excluding hydrogens is 247 g/mol. The molecule has 1 rings (SSSR count). The van der Waals surface area contributed by atoms with E-state index in [4.69, 9.17) is 0 Å². The Morgan fingerprint density at radius 3 is 2.63 bits per heavy atom. The average Bonchev–Trinajstić information content (AvgIpc) is 2.37. The second kappa shape index (κ2) is 6.52. The number of carbonyl (C=O) groups is 1. The summed E-state index contributed by atoms with van der Waals surface area (Å²) < 4.78 is 13.2. The Morgan fingerprint density at radius 1 is 1.47 bits per heavy atom. The quantitative estimate of drug-likeness (QED) is 0.854. The van der Waals surface area contributed by atoms with Crippen LogP contribution in [0.5, 0.6) is 0 Å². The molecule has 2 N–H and O–H groups in total. The second-order valence-corrected chi connectivity index (χ2v) is 4.77. The molecular formula is C14H21FN2O2. The molecule has 0 aliphatic rings. The predicted molar refractivity (Wildman–Crippen MR) is 73.5 cm³/mol. The van der Waals surface area contributed by atoms with Crippen LogP contribution in [0.2, 0.25) is 0 Å². The van der Waals surface area contributed by atoms with Crippen molar-refractivity contribution < 1.29 is 14.3 Å². The van der Waals surface area contributed by atoms with Gasteiger partial charge in [-0.05, 0) is 25.1 Å². The lowest BCUT2D eigenvalue weighted by molar-refractivity contribution is -0.123. The van der Waals surface area contributed by atoms with E-state index in [1.165, 1.54) is 12.1 Å². The number of nitrogens with one attached hydrogen (secondary N) is 1. The summed E-state index contributed by atoms with van der Waals surface area (Å²) in [5.74, 6) is -0.623. The molecule has 1 aromatic carbocycles. The van der Waals surface area contributed by atoms with Gasteiger partial charge < -0.3 is 15.3 Å². The molecule has 0 bridgehead atoms. The molecule has 1 unspecified atom stereocenters. The number of halogens is 1.